The molecule has 0 spiro atoms. The third-order valence-electron chi connectivity index (χ3n) is 2.85. The molecule has 0 aromatic carbocycles. The van der Waals surface area contributed by atoms with Gasteiger partial charge in [0.15, 0.2) is 5.79 Å². The van der Waals surface area contributed by atoms with E-state index < -0.39 is 0 Å². The molecular formula is C11H22O2. The van der Waals surface area contributed by atoms with E-state index in [2.05, 4.69) is 34.6 Å². The molecule has 0 aromatic heterocycles. The van der Waals surface area contributed by atoms with Crippen molar-refractivity contribution in [3.8, 4) is 0 Å². The fourth-order valence-electron chi connectivity index (χ4n) is 2.06. The zero-order valence-electron chi connectivity index (χ0n) is 9.46. The van der Waals surface area contributed by atoms with Crippen LogP contribution in [0.1, 0.15) is 41.0 Å². The van der Waals surface area contributed by atoms with Crippen LogP contribution in [0.4, 0.5) is 0 Å². The highest BCUT2D eigenvalue weighted by molar-refractivity contribution is 4.81. The summed E-state index contributed by atoms with van der Waals surface area (Å²) in [5, 5.41) is 0. The molecule has 1 aliphatic heterocycles. The maximum absolute atomic E-state index is 5.97. The fraction of sp³-hybridized carbons (Fsp3) is 1.00. The summed E-state index contributed by atoms with van der Waals surface area (Å²) in [5.41, 5.74) is 0. The third-order valence-corrected chi connectivity index (χ3v) is 2.85. The van der Waals surface area contributed by atoms with Crippen LogP contribution >= 0.6 is 0 Å². The summed E-state index contributed by atoms with van der Waals surface area (Å²) in [6.07, 6.45) is 1.35. The highest BCUT2D eigenvalue weighted by Gasteiger charge is 2.43. The molecular weight excluding hydrogens is 164 g/mol. The van der Waals surface area contributed by atoms with Gasteiger partial charge in [0.1, 0.15) is 0 Å². The van der Waals surface area contributed by atoms with Crippen LogP contribution in [0, 0.1) is 11.8 Å². The topological polar surface area (TPSA) is 18.5 Å². The summed E-state index contributed by atoms with van der Waals surface area (Å²) in [6.45, 7) is 11.6. The average Bonchev–Trinajstić information content (AvgIpc) is 2.03. The predicted octanol–water partition coefficient (Wildman–Crippen LogP) is 2.82. The van der Waals surface area contributed by atoms with Gasteiger partial charge in [-0.25, -0.2) is 0 Å². The monoisotopic (exact) mass is 186 g/mol. The van der Waals surface area contributed by atoms with Crippen LogP contribution in [0.2, 0.25) is 0 Å². The minimum atomic E-state index is -0.350. The lowest BCUT2D eigenvalue weighted by Gasteiger charge is -2.45. The molecule has 0 bridgehead atoms. The van der Waals surface area contributed by atoms with Crippen LogP contribution < -0.4 is 0 Å². The molecule has 0 amide bonds. The van der Waals surface area contributed by atoms with Gasteiger partial charge >= 0.3 is 0 Å². The molecule has 0 radical (unpaired) electrons. The molecule has 78 valence electrons. The molecule has 13 heavy (non-hydrogen) atoms. The first-order valence-electron chi connectivity index (χ1n) is 5.30. The number of hydrogen-bond donors (Lipinski definition) is 0. The lowest BCUT2D eigenvalue weighted by atomic mass is 9.90. The molecule has 2 nitrogen and oxygen atoms in total. The molecule has 1 heterocycles. The highest BCUT2D eigenvalue weighted by Crippen LogP contribution is 2.36. The van der Waals surface area contributed by atoms with Crippen LogP contribution in [0.25, 0.3) is 0 Å². The van der Waals surface area contributed by atoms with E-state index in [1.54, 1.807) is 0 Å². The first kappa shape index (κ1) is 11.0. The smallest absolute Gasteiger partial charge is 0.173 e. The minimum Gasteiger partial charge on any atom is -0.349 e. The summed E-state index contributed by atoms with van der Waals surface area (Å²) >= 11 is 0. The molecule has 0 aliphatic carbocycles. The van der Waals surface area contributed by atoms with Gasteiger partial charge in [0.05, 0.1) is 12.7 Å². The van der Waals surface area contributed by atoms with E-state index in [9.17, 15) is 0 Å². The molecule has 1 saturated heterocycles. The molecule has 0 aromatic rings. The molecule has 1 aliphatic rings. The average molecular weight is 186 g/mol. The Morgan fingerprint density at radius 1 is 1.15 bits per heavy atom. The van der Waals surface area contributed by atoms with Gasteiger partial charge in [-0.2, -0.15) is 0 Å². The first-order valence-corrected chi connectivity index (χ1v) is 5.30. The van der Waals surface area contributed by atoms with E-state index in [0.29, 0.717) is 17.9 Å². The van der Waals surface area contributed by atoms with Crippen molar-refractivity contribution in [2.75, 3.05) is 6.61 Å². The Morgan fingerprint density at radius 2 is 1.69 bits per heavy atom. The molecule has 1 unspecified atom stereocenters. The van der Waals surface area contributed by atoms with Gasteiger partial charge in [-0.05, 0) is 13.3 Å². The van der Waals surface area contributed by atoms with Gasteiger partial charge in [0, 0.05) is 11.8 Å². The van der Waals surface area contributed by atoms with E-state index in [1.807, 2.05) is 0 Å². The van der Waals surface area contributed by atoms with Crippen LogP contribution in [-0.2, 0) is 9.47 Å². The molecule has 0 saturated carbocycles. The van der Waals surface area contributed by atoms with Crippen molar-refractivity contribution in [2.24, 2.45) is 11.8 Å². The Labute approximate surface area is 81.6 Å². The Morgan fingerprint density at radius 3 is 2.00 bits per heavy atom. The van der Waals surface area contributed by atoms with Gasteiger partial charge in [-0.3, -0.25) is 0 Å². The largest absolute Gasteiger partial charge is 0.349 e. The van der Waals surface area contributed by atoms with Crippen molar-refractivity contribution in [2.45, 2.75) is 52.9 Å². The molecule has 2 heteroatoms. The summed E-state index contributed by atoms with van der Waals surface area (Å²) in [7, 11) is 0. The maximum Gasteiger partial charge on any atom is 0.173 e. The second kappa shape index (κ2) is 3.97. The summed E-state index contributed by atoms with van der Waals surface area (Å²) in [6, 6.07) is 0. The van der Waals surface area contributed by atoms with E-state index in [0.717, 1.165) is 13.0 Å². The van der Waals surface area contributed by atoms with Crippen molar-refractivity contribution in [3.63, 3.8) is 0 Å². The molecule has 1 rings (SSSR count). The summed E-state index contributed by atoms with van der Waals surface area (Å²) in [4.78, 5) is 0. The van der Waals surface area contributed by atoms with Crippen molar-refractivity contribution < 1.29 is 9.47 Å². The van der Waals surface area contributed by atoms with Gasteiger partial charge < -0.3 is 9.47 Å². The Bertz CT molecular complexity index is 155. The van der Waals surface area contributed by atoms with Crippen molar-refractivity contribution in [1.82, 2.24) is 0 Å². The number of hydrogen-bond acceptors (Lipinski definition) is 2. The number of ether oxygens (including phenoxy) is 2. The lowest BCUT2D eigenvalue weighted by molar-refractivity contribution is -0.330. The van der Waals surface area contributed by atoms with E-state index >= 15 is 0 Å². The fourth-order valence-corrected chi connectivity index (χ4v) is 2.06. The van der Waals surface area contributed by atoms with E-state index in [4.69, 9.17) is 9.47 Å². The second-order valence-corrected chi connectivity index (χ2v) is 4.60. The van der Waals surface area contributed by atoms with Crippen LogP contribution in [0.15, 0.2) is 0 Å². The zero-order valence-corrected chi connectivity index (χ0v) is 9.46. The maximum atomic E-state index is 5.97. The van der Waals surface area contributed by atoms with E-state index in [1.165, 1.54) is 0 Å². The van der Waals surface area contributed by atoms with Crippen molar-refractivity contribution in [1.29, 1.82) is 0 Å². The van der Waals surface area contributed by atoms with Gasteiger partial charge in [0.25, 0.3) is 0 Å². The van der Waals surface area contributed by atoms with Crippen molar-refractivity contribution in [3.05, 3.63) is 0 Å². The first-order chi connectivity index (χ1) is 5.99. The SMILES string of the molecule is CC1CCOC(C(C)C)(C(C)C)O1. The number of rotatable bonds is 2. The molecule has 0 N–H and O–H groups in total. The Balaban J connectivity index is 2.77. The van der Waals surface area contributed by atoms with Crippen LogP contribution in [0.5, 0.6) is 0 Å². The van der Waals surface area contributed by atoms with Crippen LogP contribution in [0.3, 0.4) is 0 Å². The summed E-state index contributed by atoms with van der Waals surface area (Å²) in [5.74, 6) is 0.475. The quantitative estimate of drug-likeness (QED) is 0.660. The second-order valence-electron chi connectivity index (χ2n) is 4.60. The lowest BCUT2D eigenvalue weighted by Crippen LogP contribution is -2.51. The molecule has 1 fully saturated rings. The van der Waals surface area contributed by atoms with Crippen molar-refractivity contribution >= 4 is 0 Å². The normalized spacial score (nSPS) is 28.4. The summed E-state index contributed by atoms with van der Waals surface area (Å²) < 4.78 is 11.8. The zero-order chi connectivity index (χ0) is 10.1. The third kappa shape index (κ3) is 2.05. The van der Waals surface area contributed by atoms with Crippen LogP contribution in [-0.4, -0.2) is 18.5 Å². The Kier molecular flexibility index (Phi) is 3.36. The standard InChI is InChI=1S/C11H22O2/c1-8(2)11(9(3)4)12-7-6-10(5)13-11/h8-10H,6-7H2,1-5H3. The highest BCUT2D eigenvalue weighted by atomic mass is 16.7. The predicted molar refractivity (Wildman–Crippen MR) is 53.5 cm³/mol. The minimum absolute atomic E-state index is 0.332. The van der Waals surface area contributed by atoms with E-state index in [-0.39, 0.29) is 5.79 Å². The molecule has 1 atom stereocenters. The van der Waals surface area contributed by atoms with Gasteiger partial charge in [-0.15, -0.1) is 0 Å². The van der Waals surface area contributed by atoms with Gasteiger partial charge in [-0.1, -0.05) is 27.7 Å². The Hall–Kier alpha value is -0.0800. The van der Waals surface area contributed by atoms with Gasteiger partial charge in [0.2, 0.25) is 0 Å².